The molecule has 3 nitrogen and oxygen atoms in total. The van der Waals surface area contributed by atoms with Gasteiger partial charge in [-0.15, -0.1) is 0 Å². The van der Waals surface area contributed by atoms with Crippen molar-refractivity contribution in [3.8, 4) is 0 Å². The number of rotatable bonds is 2. The lowest BCUT2D eigenvalue weighted by Gasteiger charge is -2.30. The van der Waals surface area contributed by atoms with Crippen LogP contribution >= 0.6 is 34.0 Å². The molecule has 0 bridgehead atoms. The predicted octanol–water partition coefficient (Wildman–Crippen LogP) is 2.39. The number of likely N-dealkylation sites (tertiary alicyclic amines) is 1. The van der Waals surface area contributed by atoms with Gasteiger partial charge in [0.2, 0.25) is 0 Å². The second-order valence-corrected chi connectivity index (χ2v) is 6.82. The lowest BCUT2D eigenvalue weighted by atomic mass is 10.1. The van der Waals surface area contributed by atoms with Gasteiger partial charge in [-0.2, -0.15) is 0 Å². The third kappa shape index (κ3) is 4.07. The van der Waals surface area contributed by atoms with E-state index in [1.165, 1.54) is 19.3 Å². The van der Waals surface area contributed by atoms with E-state index in [9.17, 15) is 0 Å². The van der Waals surface area contributed by atoms with Crippen molar-refractivity contribution in [1.82, 2.24) is 9.21 Å². The van der Waals surface area contributed by atoms with Crippen molar-refractivity contribution in [3.05, 3.63) is 0 Å². The SMILES string of the molecule is S=C(SSN1CCOCC1)N1CCCCC1. The molecular weight excluding hydrogens is 260 g/mol. The van der Waals surface area contributed by atoms with Gasteiger partial charge in [-0.1, -0.05) is 12.2 Å². The minimum absolute atomic E-state index is 0.851. The Balaban J connectivity index is 1.65. The second-order valence-electron chi connectivity index (χ2n) is 4.01. The zero-order valence-electron chi connectivity index (χ0n) is 9.39. The van der Waals surface area contributed by atoms with E-state index in [2.05, 4.69) is 9.21 Å². The summed E-state index contributed by atoms with van der Waals surface area (Å²) in [4.78, 5) is 2.34. The number of hydrogen-bond acceptors (Lipinski definition) is 5. The molecule has 2 aliphatic rings. The Morgan fingerprint density at radius 3 is 2.38 bits per heavy atom. The zero-order valence-corrected chi connectivity index (χ0v) is 11.8. The van der Waals surface area contributed by atoms with Crippen LogP contribution in [-0.2, 0) is 4.74 Å². The van der Waals surface area contributed by atoms with Gasteiger partial charge in [0.05, 0.1) is 13.2 Å². The van der Waals surface area contributed by atoms with E-state index in [1.54, 1.807) is 21.8 Å². The van der Waals surface area contributed by atoms with Crippen molar-refractivity contribution in [2.24, 2.45) is 0 Å². The van der Waals surface area contributed by atoms with E-state index < -0.39 is 0 Å². The van der Waals surface area contributed by atoms with Crippen LogP contribution in [0.25, 0.3) is 0 Å². The van der Waals surface area contributed by atoms with Gasteiger partial charge >= 0.3 is 0 Å². The van der Waals surface area contributed by atoms with Crippen molar-refractivity contribution in [3.63, 3.8) is 0 Å². The maximum Gasteiger partial charge on any atom is 0.148 e. The molecule has 2 heterocycles. The summed E-state index contributed by atoms with van der Waals surface area (Å²) in [5.74, 6) is 0. The molecule has 2 rings (SSSR count). The number of hydrogen-bond donors (Lipinski definition) is 0. The van der Waals surface area contributed by atoms with Gasteiger partial charge in [0, 0.05) is 26.2 Å². The molecule has 0 aromatic heterocycles. The zero-order chi connectivity index (χ0) is 11.2. The molecular formula is C10H18N2OS3. The molecule has 92 valence electrons. The first-order valence-corrected chi connectivity index (χ1v) is 8.34. The smallest absolute Gasteiger partial charge is 0.148 e. The molecule has 0 atom stereocenters. The minimum Gasteiger partial charge on any atom is -0.379 e. The highest BCUT2D eigenvalue weighted by molar-refractivity contribution is 8.82. The summed E-state index contributed by atoms with van der Waals surface area (Å²) in [5, 5.41) is 0. The van der Waals surface area contributed by atoms with Crippen LogP contribution in [-0.4, -0.2) is 52.9 Å². The molecule has 0 spiro atoms. The van der Waals surface area contributed by atoms with Crippen molar-refractivity contribution < 1.29 is 4.74 Å². The highest BCUT2D eigenvalue weighted by Crippen LogP contribution is 2.30. The van der Waals surface area contributed by atoms with Gasteiger partial charge in [0.1, 0.15) is 4.32 Å². The first kappa shape index (κ1) is 13.0. The predicted molar refractivity (Wildman–Crippen MR) is 75.6 cm³/mol. The second kappa shape index (κ2) is 7.06. The summed E-state index contributed by atoms with van der Waals surface area (Å²) in [7, 11) is 3.52. The summed E-state index contributed by atoms with van der Waals surface area (Å²) in [6.07, 6.45) is 3.95. The van der Waals surface area contributed by atoms with E-state index >= 15 is 0 Å². The number of piperidine rings is 1. The molecule has 0 N–H and O–H groups in total. The standard InChI is InChI=1S/C10H18N2OS3/c14-10(11-4-2-1-3-5-11)15-16-12-6-8-13-9-7-12/h1-9H2. The van der Waals surface area contributed by atoms with Crippen molar-refractivity contribution in [2.75, 3.05) is 39.4 Å². The summed E-state index contributed by atoms with van der Waals surface area (Å²) < 4.78 is 8.71. The van der Waals surface area contributed by atoms with Gasteiger partial charge in [0.25, 0.3) is 0 Å². The maximum absolute atomic E-state index is 5.45. The maximum atomic E-state index is 5.45. The average Bonchev–Trinajstić information content (AvgIpc) is 2.38. The molecule has 0 aliphatic carbocycles. The van der Waals surface area contributed by atoms with Gasteiger partial charge in [-0.25, -0.2) is 4.31 Å². The number of morpholine rings is 1. The van der Waals surface area contributed by atoms with Crippen LogP contribution in [0.1, 0.15) is 19.3 Å². The van der Waals surface area contributed by atoms with Crippen molar-refractivity contribution in [2.45, 2.75) is 19.3 Å². The van der Waals surface area contributed by atoms with Crippen LogP contribution in [0.4, 0.5) is 0 Å². The molecule has 0 radical (unpaired) electrons. The van der Waals surface area contributed by atoms with Crippen LogP contribution in [0.2, 0.25) is 0 Å². The third-order valence-electron chi connectivity index (χ3n) is 2.80. The molecule has 2 aliphatic heterocycles. The largest absolute Gasteiger partial charge is 0.379 e. The Morgan fingerprint density at radius 2 is 1.69 bits per heavy atom. The fourth-order valence-electron chi connectivity index (χ4n) is 1.83. The van der Waals surface area contributed by atoms with Crippen LogP contribution in [0.3, 0.4) is 0 Å². The summed E-state index contributed by atoms with van der Waals surface area (Å²) in [6.45, 7) is 6.03. The number of nitrogens with zero attached hydrogens (tertiary/aromatic N) is 2. The third-order valence-corrected chi connectivity index (χ3v) is 6.00. The molecule has 6 heteroatoms. The van der Waals surface area contributed by atoms with E-state index in [1.807, 2.05) is 0 Å². The average molecular weight is 278 g/mol. The highest BCUT2D eigenvalue weighted by atomic mass is 33.1. The first-order chi connectivity index (χ1) is 7.86. The van der Waals surface area contributed by atoms with Crippen molar-refractivity contribution in [1.29, 1.82) is 0 Å². The van der Waals surface area contributed by atoms with Crippen molar-refractivity contribution >= 4 is 38.3 Å². The number of ether oxygens (including phenoxy) is 1. The van der Waals surface area contributed by atoms with Crippen LogP contribution in [0, 0.1) is 0 Å². The molecule has 0 amide bonds. The summed E-state index contributed by atoms with van der Waals surface area (Å²) in [5.41, 5.74) is 0. The Kier molecular flexibility index (Phi) is 5.71. The van der Waals surface area contributed by atoms with Gasteiger partial charge in [-0.3, -0.25) is 0 Å². The Bertz CT molecular complexity index is 228. The van der Waals surface area contributed by atoms with E-state index in [0.717, 1.165) is 43.7 Å². The lowest BCUT2D eigenvalue weighted by Crippen LogP contribution is -2.34. The highest BCUT2D eigenvalue weighted by Gasteiger charge is 2.17. The van der Waals surface area contributed by atoms with Crippen LogP contribution < -0.4 is 0 Å². The molecule has 2 fully saturated rings. The molecule has 0 unspecified atom stereocenters. The van der Waals surface area contributed by atoms with Gasteiger partial charge in [0.15, 0.2) is 0 Å². The van der Waals surface area contributed by atoms with E-state index in [4.69, 9.17) is 17.0 Å². The van der Waals surface area contributed by atoms with Crippen LogP contribution in [0.15, 0.2) is 0 Å². The topological polar surface area (TPSA) is 15.7 Å². The first-order valence-electron chi connectivity index (χ1n) is 5.82. The molecule has 2 saturated heterocycles. The van der Waals surface area contributed by atoms with Gasteiger partial charge < -0.3 is 9.64 Å². The monoisotopic (exact) mass is 278 g/mol. The quantitative estimate of drug-likeness (QED) is 0.435. The van der Waals surface area contributed by atoms with Gasteiger partial charge in [-0.05, 0) is 41.0 Å². The fourth-order valence-corrected chi connectivity index (χ4v) is 4.32. The fraction of sp³-hybridized carbons (Fsp3) is 0.900. The Morgan fingerprint density at radius 1 is 1.00 bits per heavy atom. The number of thiocarbonyl (C=S) groups is 1. The molecule has 0 saturated carbocycles. The van der Waals surface area contributed by atoms with E-state index in [0.29, 0.717) is 0 Å². The molecule has 16 heavy (non-hydrogen) atoms. The van der Waals surface area contributed by atoms with E-state index in [-0.39, 0.29) is 0 Å². The minimum atomic E-state index is 0.851. The Hall–Kier alpha value is 0.510. The Labute approximate surface area is 111 Å². The molecule has 0 aromatic rings. The normalized spacial score (nSPS) is 23.4. The molecule has 0 aromatic carbocycles. The lowest BCUT2D eigenvalue weighted by molar-refractivity contribution is 0.0779. The van der Waals surface area contributed by atoms with Crippen LogP contribution in [0.5, 0.6) is 0 Å². The summed E-state index contributed by atoms with van der Waals surface area (Å²) in [6, 6.07) is 0. The summed E-state index contributed by atoms with van der Waals surface area (Å²) >= 11 is 5.45.